The van der Waals surface area contributed by atoms with Crippen molar-refractivity contribution in [2.24, 2.45) is 10.9 Å². The Morgan fingerprint density at radius 3 is 2.69 bits per heavy atom. The average molecular weight is 494 g/mol. The second kappa shape index (κ2) is 9.46. The molecular formula is C22H24FN3O3S3. The first-order valence-corrected chi connectivity index (χ1v) is 13.8. The average Bonchev–Trinajstić information content (AvgIpc) is 3.15. The van der Waals surface area contributed by atoms with E-state index in [0.717, 1.165) is 27.2 Å². The number of thioether (sulfide) groups is 1. The third-order valence-corrected chi connectivity index (χ3v) is 9.24. The molecule has 1 atom stereocenters. The number of hydrogen-bond acceptors (Lipinski definition) is 5. The molecule has 1 aliphatic rings. The summed E-state index contributed by atoms with van der Waals surface area (Å²) in [5, 5.41) is 0. The second-order valence-electron chi connectivity index (χ2n) is 7.57. The van der Waals surface area contributed by atoms with Gasteiger partial charge in [-0.05, 0) is 68.5 Å². The molecule has 0 radical (unpaired) electrons. The van der Waals surface area contributed by atoms with Gasteiger partial charge in [-0.25, -0.2) is 12.8 Å². The topological polar surface area (TPSA) is 71.7 Å². The lowest BCUT2D eigenvalue weighted by molar-refractivity contribution is -0.122. The lowest BCUT2D eigenvalue weighted by atomic mass is 9.99. The fourth-order valence-corrected chi connectivity index (χ4v) is 7.05. The molecular weight excluding hydrogens is 469 g/mol. The number of aryl methyl sites for hydroxylation is 1. The van der Waals surface area contributed by atoms with Crippen LogP contribution in [0.25, 0.3) is 10.2 Å². The van der Waals surface area contributed by atoms with E-state index in [1.54, 1.807) is 11.8 Å². The molecule has 32 heavy (non-hydrogen) atoms. The number of hydrogen-bond donors (Lipinski definition) is 0. The van der Waals surface area contributed by atoms with Gasteiger partial charge in [-0.1, -0.05) is 11.3 Å². The van der Waals surface area contributed by atoms with Crippen LogP contribution in [0.3, 0.4) is 0 Å². The molecule has 1 aromatic heterocycles. The number of rotatable bonds is 5. The molecule has 2 aromatic carbocycles. The van der Waals surface area contributed by atoms with E-state index in [1.807, 2.05) is 23.8 Å². The first-order valence-electron chi connectivity index (χ1n) is 10.3. The number of piperidine rings is 1. The zero-order valence-corrected chi connectivity index (χ0v) is 20.3. The Labute approximate surface area is 194 Å². The number of amides is 1. The maximum absolute atomic E-state index is 13.2. The first-order chi connectivity index (χ1) is 15.3. The van der Waals surface area contributed by atoms with Crippen LogP contribution in [0, 0.1) is 11.7 Å². The normalized spacial score (nSPS) is 18.3. The molecule has 3 aromatic rings. The van der Waals surface area contributed by atoms with Crippen LogP contribution in [0.15, 0.2) is 57.2 Å². The van der Waals surface area contributed by atoms with Crippen LogP contribution in [0.4, 0.5) is 4.39 Å². The van der Waals surface area contributed by atoms with Crippen molar-refractivity contribution in [1.82, 2.24) is 8.87 Å². The van der Waals surface area contributed by atoms with Crippen LogP contribution in [0.2, 0.25) is 0 Å². The summed E-state index contributed by atoms with van der Waals surface area (Å²) >= 11 is 3.13. The summed E-state index contributed by atoms with van der Waals surface area (Å²) < 4.78 is 43.5. The van der Waals surface area contributed by atoms with Gasteiger partial charge < -0.3 is 4.57 Å². The minimum absolute atomic E-state index is 0.0295. The number of thiazole rings is 1. The molecule has 1 saturated heterocycles. The molecule has 0 aliphatic carbocycles. The Bertz CT molecular complexity index is 1310. The van der Waals surface area contributed by atoms with Crippen LogP contribution in [0.1, 0.15) is 19.8 Å². The molecule has 1 aliphatic heterocycles. The van der Waals surface area contributed by atoms with Gasteiger partial charge in [-0.3, -0.25) is 4.79 Å². The zero-order valence-electron chi connectivity index (χ0n) is 17.8. The summed E-state index contributed by atoms with van der Waals surface area (Å²) in [6.45, 7) is 3.10. The van der Waals surface area contributed by atoms with Gasteiger partial charge in [0.15, 0.2) is 4.80 Å². The van der Waals surface area contributed by atoms with Crippen molar-refractivity contribution in [1.29, 1.82) is 0 Å². The molecule has 4 rings (SSSR count). The fraction of sp³-hybridized carbons (Fsp3) is 0.364. The molecule has 170 valence electrons. The van der Waals surface area contributed by atoms with Gasteiger partial charge in [0.05, 0.1) is 21.0 Å². The number of nitrogens with zero attached hydrogens (tertiary/aromatic N) is 3. The fourth-order valence-electron chi connectivity index (χ4n) is 3.87. The van der Waals surface area contributed by atoms with Gasteiger partial charge in [0, 0.05) is 24.5 Å². The van der Waals surface area contributed by atoms with Crippen molar-refractivity contribution in [2.45, 2.75) is 36.1 Å². The minimum Gasteiger partial charge on any atom is -0.317 e. The summed E-state index contributed by atoms with van der Waals surface area (Å²) in [6, 6.07) is 11.0. The summed E-state index contributed by atoms with van der Waals surface area (Å²) in [6.07, 6.45) is 3.18. The summed E-state index contributed by atoms with van der Waals surface area (Å²) in [7, 11) is -3.79. The van der Waals surface area contributed by atoms with Gasteiger partial charge >= 0.3 is 0 Å². The monoisotopic (exact) mass is 493 g/mol. The molecule has 6 nitrogen and oxygen atoms in total. The van der Waals surface area contributed by atoms with Gasteiger partial charge in [-0.2, -0.15) is 9.30 Å². The predicted molar refractivity (Wildman–Crippen MR) is 126 cm³/mol. The number of fused-ring (bicyclic) bond motifs is 1. The maximum atomic E-state index is 13.2. The van der Waals surface area contributed by atoms with E-state index in [9.17, 15) is 17.6 Å². The van der Waals surface area contributed by atoms with E-state index < -0.39 is 21.8 Å². The summed E-state index contributed by atoms with van der Waals surface area (Å²) in [5.74, 6) is -1.30. The zero-order chi connectivity index (χ0) is 22.9. The molecule has 0 saturated carbocycles. The highest BCUT2D eigenvalue weighted by Crippen LogP contribution is 2.26. The first kappa shape index (κ1) is 23.2. The maximum Gasteiger partial charge on any atom is 0.252 e. The smallest absolute Gasteiger partial charge is 0.252 e. The number of carbonyl (C=O) groups excluding carboxylic acids is 1. The lowest BCUT2D eigenvalue weighted by Crippen LogP contribution is -2.42. The van der Waals surface area contributed by atoms with Crippen molar-refractivity contribution in [3.05, 3.63) is 53.1 Å². The molecule has 2 heterocycles. The van der Waals surface area contributed by atoms with Gasteiger partial charge in [0.1, 0.15) is 5.82 Å². The van der Waals surface area contributed by atoms with Crippen molar-refractivity contribution in [3.8, 4) is 0 Å². The predicted octanol–water partition coefficient (Wildman–Crippen LogP) is 4.11. The number of aromatic nitrogens is 1. The third kappa shape index (κ3) is 4.54. The van der Waals surface area contributed by atoms with Crippen molar-refractivity contribution in [2.75, 3.05) is 19.3 Å². The van der Waals surface area contributed by atoms with Gasteiger partial charge in [0.25, 0.3) is 5.91 Å². The minimum atomic E-state index is -3.79. The van der Waals surface area contributed by atoms with E-state index in [4.69, 9.17) is 0 Å². The molecule has 0 spiro atoms. The highest BCUT2D eigenvalue weighted by Gasteiger charge is 2.33. The molecule has 1 fully saturated rings. The number of carbonyl (C=O) groups is 1. The van der Waals surface area contributed by atoms with E-state index in [1.165, 1.54) is 27.8 Å². The Morgan fingerprint density at radius 2 is 2.00 bits per heavy atom. The van der Waals surface area contributed by atoms with Gasteiger partial charge in [0.2, 0.25) is 10.0 Å². The van der Waals surface area contributed by atoms with Crippen molar-refractivity contribution in [3.63, 3.8) is 0 Å². The highest BCUT2D eigenvalue weighted by molar-refractivity contribution is 7.98. The molecule has 1 unspecified atom stereocenters. The van der Waals surface area contributed by atoms with E-state index >= 15 is 0 Å². The lowest BCUT2D eigenvalue weighted by Gasteiger charge is -2.30. The standard InChI is InChI=1S/C22H24FN3O3S3/c1-3-26-19-11-8-17(30-2)13-20(19)31-22(26)24-21(27)15-5-4-12-25(14-15)32(28,29)18-9-6-16(23)7-10-18/h6-11,13,15H,3-5,12,14H2,1-2H3. The van der Waals surface area contributed by atoms with Crippen LogP contribution < -0.4 is 4.80 Å². The summed E-state index contributed by atoms with van der Waals surface area (Å²) in [5.41, 5.74) is 1.03. The van der Waals surface area contributed by atoms with E-state index in [2.05, 4.69) is 17.1 Å². The van der Waals surface area contributed by atoms with Crippen molar-refractivity contribution < 1.29 is 17.6 Å². The number of halogens is 1. The SMILES string of the molecule is CCn1c(=NC(=O)C2CCCN(S(=O)(=O)c3ccc(F)cc3)C2)sc2cc(SC)ccc21. The van der Waals surface area contributed by atoms with Crippen molar-refractivity contribution >= 4 is 49.2 Å². The highest BCUT2D eigenvalue weighted by atomic mass is 32.2. The largest absolute Gasteiger partial charge is 0.317 e. The van der Waals surface area contributed by atoms with Crippen LogP contribution in [0.5, 0.6) is 0 Å². The van der Waals surface area contributed by atoms with Crippen LogP contribution in [-0.2, 0) is 21.4 Å². The Kier molecular flexibility index (Phi) is 6.85. The van der Waals surface area contributed by atoms with E-state index in [-0.39, 0.29) is 17.3 Å². The molecule has 0 bridgehead atoms. The Hall–Kier alpha value is -2.01. The van der Waals surface area contributed by atoms with Gasteiger partial charge in [-0.15, -0.1) is 11.8 Å². The number of sulfonamides is 1. The number of benzene rings is 2. The Morgan fingerprint density at radius 1 is 1.25 bits per heavy atom. The van der Waals surface area contributed by atoms with Crippen LogP contribution >= 0.6 is 23.1 Å². The molecule has 10 heteroatoms. The Balaban J connectivity index is 1.61. The molecule has 1 amide bonds. The van der Waals surface area contributed by atoms with E-state index in [0.29, 0.717) is 30.7 Å². The quantitative estimate of drug-likeness (QED) is 0.502. The third-order valence-electron chi connectivity index (χ3n) is 5.60. The second-order valence-corrected chi connectivity index (χ2v) is 11.4. The molecule has 0 N–H and O–H groups in total. The summed E-state index contributed by atoms with van der Waals surface area (Å²) in [4.78, 5) is 19.3. The van der Waals surface area contributed by atoms with Crippen LogP contribution in [-0.4, -0.2) is 42.5 Å².